The van der Waals surface area contributed by atoms with Crippen LogP contribution in [0.4, 0.5) is 5.69 Å². The fourth-order valence-electron chi connectivity index (χ4n) is 2.75. The van der Waals surface area contributed by atoms with Crippen molar-refractivity contribution in [2.24, 2.45) is 0 Å². The van der Waals surface area contributed by atoms with Crippen LogP contribution in [-0.4, -0.2) is 41.1 Å². The van der Waals surface area contributed by atoms with Crippen LogP contribution in [0.2, 0.25) is 10.0 Å². The zero-order valence-electron chi connectivity index (χ0n) is 13.5. The lowest BCUT2D eigenvalue weighted by molar-refractivity contribution is 0.176. The van der Waals surface area contributed by atoms with Gasteiger partial charge in [-0.1, -0.05) is 57.3 Å². The van der Waals surface area contributed by atoms with E-state index in [1.807, 2.05) is 12.1 Å². The second-order valence-corrected chi connectivity index (χ2v) is 7.97. The summed E-state index contributed by atoms with van der Waals surface area (Å²) in [7, 11) is 0. The average molecular weight is 459 g/mol. The Kier molecular flexibility index (Phi) is 6.58. The number of halogens is 3. The van der Waals surface area contributed by atoms with Crippen LogP contribution < -0.4 is 5.32 Å². The normalized spacial score (nSPS) is 15.2. The molecular formula is C18H18BrCl2N3S. The van der Waals surface area contributed by atoms with Gasteiger partial charge in [0.1, 0.15) is 0 Å². The summed E-state index contributed by atoms with van der Waals surface area (Å²) in [4.78, 5) is 4.63. The lowest BCUT2D eigenvalue weighted by atomic mass is 10.2. The lowest BCUT2D eigenvalue weighted by Gasteiger charge is -2.36. The van der Waals surface area contributed by atoms with Crippen molar-refractivity contribution in [1.82, 2.24) is 9.80 Å². The molecule has 0 unspecified atom stereocenters. The molecule has 132 valence electrons. The molecule has 3 rings (SSSR count). The summed E-state index contributed by atoms with van der Waals surface area (Å²) in [6.45, 7) is 4.70. The predicted octanol–water partition coefficient (Wildman–Crippen LogP) is 5.27. The molecule has 0 saturated carbocycles. The third-order valence-electron chi connectivity index (χ3n) is 4.18. The maximum atomic E-state index is 6.05. The summed E-state index contributed by atoms with van der Waals surface area (Å²) in [5, 5.41) is 5.02. The monoisotopic (exact) mass is 457 g/mol. The van der Waals surface area contributed by atoms with Crippen molar-refractivity contribution in [3.8, 4) is 0 Å². The number of rotatable bonds is 3. The van der Waals surface area contributed by atoms with E-state index in [-0.39, 0.29) is 0 Å². The summed E-state index contributed by atoms with van der Waals surface area (Å²) in [5.74, 6) is 0. The van der Waals surface area contributed by atoms with Crippen LogP contribution in [0, 0.1) is 0 Å². The Labute approximate surface area is 172 Å². The third-order valence-corrected chi connectivity index (χ3v) is 6.06. The van der Waals surface area contributed by atoms with Crippen LogP contribution in [0.3, 0.4) is 0 Å². The molecule has 0 aromatic heterocycles. The summed E-state index contributed by atoms with van der Waals surface area (Å²) in [6, 6.07) is 13.8. The van der Waals surface area contributed by atoms with Crippen molar-refractivity contribution in [3.63, 3.8) is 0 Å². The number of thiocarbonyl (C=S) groups is 1. The minimum atomic E-state index is 0.521. The maximum Gasteiger partial charge on any atom is 0.173 e. The second-order valence-electron chi connectivity index (χ2n) is 5.91. The molecule has 0 amide bonds. The Morgan fingerprint density at radius 2 is 1.76 bits per heavy atom. The largest absolute Gasteiger partial charge is 0.346 e. The minimum Gasteiger partial charge on any atom is -0.346 e. The van der Waals surface area contributed by atoms with Gasteiger partial charge in [-0.2, -0.15) is 0 Å². The molecule has 1 saturated heterocycles. The summed E-state index contributed by atoms with van der Waals surface area (Å²) >= 11 is 21.2. The standard InChI is InChI=1S/C18H18BrCl2N3S/c19-15-4-2-1-3-13(15)12-23-7-9-24(10-8-23)18(25)22-14-5-6-16(20)17(21)11-14/h1-6,11H,7-10,12H2,(H,22,25). The highest BCUT2D eigenvalue weighted by molar-refractivity contribution is 9.10. The number of anilines is 1. The first-order chi connectivity index (χ1) is 12.0. The number of nitrogens with one attached hydrogen (secondary N) is 1. The van der Waals surface area contributed by atoms with Gasteiger partial charge in [0.05, 0.1) is 10.0 Å². The van der Waals surface area contributed by atoms with Gasteiger partial charge < -0.3 is 10.2 Å². The molecule has 1 heterocycles. The van der Waals surface area contributed by atoms with Gasteiger partial charge in [-0.25, -0.2) is 0 Å². The number of benzene rings is 2. The van der Waals surface area contributed by atoms with Crippen molar-refractivity contribution >= 4 is 62.1 Å². The van der Waals surface area contributed by atoms with E-state index in [1.165, 1.54) is 5.56 Å². The Morgan fingerprint density at radius 1 is 1.04 bits per heavy atom. The molecule has 0 bridgehead atoms. The first kappa shape index (κ1) is 18.9. The van der Waals surface area contributed by atoms with Crippen LogP contribution in [0.15, 0.2) is 46.9 Å². The van der Waals surface area contributed by atoms with E-state index in [9.17, 15) is 0 Å². The molecule has 25 heavy (non-hydrogen) atoms. The minimum absolute atomic E-state index is 0.521. The van der Waals surface area contributed by atoms with Crippen LogP contribution in [0.25, 0.3) is 0 Å². The highest BCUT2D eigenvalue weighted by Crippen LogP contribution is 2.25. The number of nitrogens with zero attached hydrogens (tertiary/aromatic N) is 2. The van der Waals surface area contributed by atoms with Gasteiger partial charge in [-0.05, 0) is 42.0 Å². The quantitative estimate of drug-likeness (QED) is 0.631. The van der Waals surface area contributed by atoms with Gasteiger partial charge in [0, 0.05) is 42.9 Å². The molecular weight excluding hydrogens is 441 g/mol. The first-order valence-corrected chi connectivity index (χ1v) is 9.95. The Bertz CT molecular complexity index is 764. The molecule has 1 fully saturated rings. The van der Waals surface area contributed by atoms with Gasteiger partial charge in [0.15, 0.2) is 5.11 Å². The molecule has 1 aliphatic heterocycles. The van der Waals surface area contributed by atoms with Crippen molar-refractivity contribution < 1.29 is 0 Å². The fraction of sp³-hybridized carbons (Fsp3) is 0.278. The van der Waals surface area contributed by atoms with Crippen molar-refractivity contribution in [1.29, 1.82) is 0 Å². The highest BCUT2D eigenvalue weighted by Gasteiger charge is 2.19. The fourth-order valence-corrected chi connectivity index (χ4v) is 3.76. The molecule has 1 aliphatic rings. The molecule has 7 heteroatoms. The zero-order valence-corrected chi connectivity index (χ0v) is 17.4. The topological polar surface area (TPSA) is 18.5 Å². The third kappa shape index (κ3) is 5.08. The molecule has 0 atom stereocenters. The number of hydrogen-bond acceptors (Lipinski definition) is 2. The van der Waals surface area contributed by atoms with Gasteiger partial charge in [0.2, 0.25) is 0 Å². The van der Waals surface area contributed by atoms with E-state index >= 15 is 0 Å². The summed E-state index contributed by atoms with van der Waals surface area (Å²) < 4.78 is 1.16. The molecule has 0 spiro atoms. The van der Waals surface area contributed by atoms with Gasteiger partial charge in [-0.3, -0.25) is 4.90 Å². The first-order valence-electron chi connectivity index (χ1n) is 7.99. The molecule has 0 radical (unpaired) electrons. The van der Waals surface area contributed by atoms with Crippen LogP contribution in [0.5, 0.6) is 0 Å². The van der Waals surface area contributed by atoms with E-state index in [0.29, 0.717) is 10.0 Å². The van der Waals surface area contributed by atoms with Crippen molar-refractivity contribution in [2.75, 3.05) is 31.5 Å². The lowest BCUT2D eigenvalue weighted by Crippen LogP contribution is -2.49. The highest BCUT2D eigenvalue weighted by atomic mass is 79.9. The Hall–Kier alpha value is -0.850. The van der Waals surface area contributed by atoms with E-state index in [2.05, 4.69) is 49.2 Å². The number of hydrogen-bond donors (Lipinski definition) is 1. The summed E-state index contributed by atoms with van der Waals surface area (Å²) in [6.07, 6.45) is 0. The Balaban J connectivity index is 1.52. The van der Waals surface area contributed by atoms with Gasteiger partial charge in [0.25, 0.3) is 0 Å². The molecule has 2 aromatic carbocycles. The SMILES string of the molecule is S=C(Nc1ccc(Cl)c(Cl)c1)N1CCN(Cc2ccccc2Br)CC1. The molecule has 1 N–H and O–H groups in total. The van der Waals surface area contributed by atoms with E-state index < -0.39 is 0 Å². The van der Waals surface area contributed by atoms with Gasteiger partial charge >= 0.3 is 0 Å². The van der Waals surface area contributed by atoms with Crippen molar-refractivity contribution in [2.45, 2.75) is 6.54 Å². The van der Waals surface area contributed by atoms with Crippen molar-refractivity contribution in [3.05, 3.63) is 62.5 Å². The van der Waals surface area contributed by atoms with Crippen LogP contribution >= 0.6 is 51.3 Å². The number of piperazine rings is 1. The smallest absolute Gasteiger partial charge is 0.173 e. The summed E-state index contributed by atoms with van der Waals surface area (Å²) in [5.41, 5.74) is 2.17. The Morgan fingerprint density at radius 3 is 2.44 bits per heavy atom. The predicted molar refractivity (Wildman–Crippen MR) is 114 cm³/mol. The maximum absolute atomic E-state index is 6.05. The van der Waals surface area contributed by atoms with E-state index in [0.717, 1.165) is 48.0 Å². The van der Waals surface area contributed by atoms with E-state index in [4.69, 9.17) is 35.4 Å². The van der Waals surface area contributed by atoms with Gasteiger partial charge in [-0.15, -0.1) is 0 Å². The molecule has 3 nitrogen and oxygen atoms in total. The van der Waals surface area contributed by atoms with Crippen LogP contribution in [0.1, 0.15) is 5.56 Å². The molecule has 0 aliphatic carbocycles. The molecule has 2 aromatic rings. The average Bonchev–Trinajstić information content (AvgIpc) is 2.61. The zero-order chi connectivity index (χ0) is 17.8. The second kappa shape index (κ2) is 8.69. The van der Waals surface area contributed by atoms with Crippen LogP contribution in [-0.2, 0) is 6.54 Å². The van der Waals surface area contributed by atoms with E-state index in [1.54, 1.807) is 12.1 Å².